The molecule has 1 atom stereocenters. The van der Waals surface area contributed by atoms with Gasteiger partial charge in [0.15, 0.2) is 18.1 Å². The maximum Gasteiger partial charge on any atom is 0.338 e. The summed E-state index contributed by atoms with van der Waals surface area (Å²) in [6.45, 7) is 5.98. The summed E-state index contributed by atoms with van der Waals surface area (Å²) in [7, 11) is 1.45. The number of benzene rings is 2. The Kier molecular flexibility index (Phi) is 8.34. The third-order valence-corrected chi connectivity index (χ3v) is 4.75. The zero-order valence-electron chi connectivity index (χ0n) is 17.1. The molecule has 0 saturated carbocycles. The molecule has 2 aromatic rings. The van der Waals surface area contributed by atoms with Gasteiger partial charge < -0.3 is 19.5 Å². The molecule has 0 spiro atoms. The fourth-order valence-corrected chi connectivity index (χ4v) is 3.05. The highest BCUT2D eigenvalue weighted by atomic mass is 35.5. The van der Waals surface area contributed by atoms with Gasteiger partial charge in [-0.25, -0.2) is 4.79 Å². The van der Waals surface area contributed by atoms with Crippen molar-refractivity contribution in [1.29, 1.82) is 0 Å². The van der Waals surface area contributed by atoms with Crippen molar-refractivity contribution in [2.24, 2.45) is 0 Å². The number of anilines is 1. The number of esters is 1. The van der Waals surface area contributed by atoms with Crippen LogP contribution in [0.2, 0.25) is 5.02 Å². The van der Waals surface area contributed by atoms with E-state index in [9.17, 15) is 9.59 Å². The molecule has 0 aromatic heterocycles. The lowest BCUT2D eigenvalue weighted by atomic mass is 9.97. The lowest BCUT2D eigenvalue weighted by molar-refractivity contribution is -0.119. The van der Waals surface area contributed by atoms with Crippen molar-refractivity contribution in [2.45, 2.75) is 33.1 Å². The molecule has 1 amide bonds. The topological polar surface area (TPSA) is 73.9 Å². The van der Waals surface area contributed by atoms with Gasteiger partial charge in [0.05, 0.1) is 24.3 Å². The highest BCUT2D eigenvalue weighted by Crippen LogP contribution is 2.36. The molecule has 6 nitrogen and oxygen atoms in total. The molecule has 0 aliphatic heterocycles. The summed E-state index contributed by atoms with van der Waals surface area (Å²) in [4.78, 5) is 24.6. The zero-order chi connectivity index (χ0) is 21.4. The summed E-state index contributed by atoms with van der Waals surface area (Å²) in [5.74, 6) is -0.130. The maximum absolute atomic E-state index is 12.4. The molecule has 7 heteroatoms. The van der Waals surface area contributed by atoms with Crippen molar-refractivity contribution in [3.8, 4) is 11.5 Å². The van der Waals surface area contributed by atoms with Crippen LogP contribution in [-0.2, 0) is 9.53 Å². The number of carbonyl (C=O) groups is 2. The first-order chi connectivity index (χ1) is 13.9. The lowest BCUT2D eigenvalue weighted by Crippen LogP contribution is -2.21. The number of para-hydroxylation sites is 1. The monoisotopic (exact) mass is 419 g/mol. The second-order valence-electron chi connectivity index (χ2n) is 6.44. The molecular weight excluding hydrogens is 394 g/mol. The normalized spacial score (nSPS) is 11.5. The molecular formula is C22H26ClNO5. The largest absolute Gasteiger partial charge is 0.493 e. The summed E-state index contributed by atoms with van der Waals surface area (Å²) < 4.78 is 15.8. The average molecular weight is 420 g/mol. The summed E-state index contributed by atoms with van der Waals surface area (Å²) in [6, 6.07) is 10.5. The van der Waals surface area contributed by atoms with Gasteiger partial charge in [-0.05, 0) is 43.0 Å². The molecule has 0 aliphatic carbocycles. The number of hydrogen-bond donors (Lipinski definition) is 1. The Hall–Kier alpha value is -2.73. The van der Waals surface area contributed by atoms with E-state index in [0.717, 1.165) is 12.0 Å². The van der Waals surface area contributed by atoms with Crippen LogP contribution >= 0.6 is 11.6 Å². The first-order valence-corrected chi connectivity index (χ1v) is 9.85. The van der Waals surface area contributed by atoms with E-state index in [1.165, 1.54) is 19.2 Å². The maximum atomic E-state index is 12.4. The predicted molar refractivity (Wildman–Crippen MR) is 113 cm³/mol. The highest BCUT2D eigenvalue weighted by molar-refractivity contribution is 6.32. The van der Waals surface area contributed by atoms with E-state index in [1.54, 1.807) is 0 Å². The number of methoxy groups -OCH3 is 1. The molecule has 2 rings (SSSR count). The molecule has 2 aromatic carbocycles. The molecule has 156 valence electrons. The van der Waals surface area contributed by atoms with Gasteiger partial charge in [0, 0.05) is 5.69 Å². The SMILES string of the molecule is CCOc1c(Cl)cc(C(=O)OCC(=O)Nc2ccccc2[C@H](C)CC)cc1OC. The number of ether oxygens (including phenoxy) is 3. The van der Waals surface area contributed by atoms with Gasteiger partial charge in [-0.1, -0.05) is 43.6 Å². The summed E-state index contributed by atoms with van der Waals surface area (Å²) >= 11 is 6.17. The third kappa shape index (κ3) is 5.87. The fraction of sp³-hybridized carbons (Fsp3) is 0.364. The predicted octanol–water partition coefficient (Wildman–Crippen LogP) is 5.06. The number of rotatable bonds is 9. The molecule has 1 N–H and O–H groups in total. The van der Waals surface area contributed by atoms with Crippen LogP contribution in [0.15, 0.2) is 36.4 Å². The van der Waals surface area contributed by atoms with Gasteiger partial charge >= 0.3 is 5.97 Å². The van der Waals surface area contributed by atoms with E-state index in [1.807, 2.05) is 31.2 Å². The molecule has 0 heterocycles. The smallest absolute Gasteiger partial charge is 0.338 e. The van der Waals surface area contributed by atoms with Gasteiger partial charge in [0.2, 0.25) is 0 Å². The molecule has 0 saturated heterocycles. The zero-order valence-corrected chi connectivity index (χ0v) is 17.8. The minimum atomic E-state index is -0.682. The molecule has 0 aliphatic rings. The average Bonchev–Trinajstić information content (AvgIpc) is 2.73. The van der Waals surface area contributed by atoms with Crippen LogP contribution in [0.4, 0.5) is 5.69 Å². The van der Waals surface area contributed by atoms with E-state index in [4.69, 9.17) is 25.8 Å². The first-order valence-electron chi connectivity index (χ1n) is 9.47. The van der Waals surface area contributed by atoms with Gasteiger partial charge in [0.25, 0.3) is 5.91 Å². The Labute approximate surface area is 176 Å². The summed E-state index contributed by atoms with van der Waals surface area (Å²) in [5.41, 5.74) is 1.93. The molecule has 0 radical (unpaired) electrons. The van der Waals surface area contributed by atoms with Crippen LogP contribution in [0.5, 0.6) is 11.5 Å². The number of amides is 1. The van der Waals surface area contributed by atoms with Crippen molar-refractivity contribution < 1.29 is 23.8 Å². The molecule has 0 fully saturated rings. The summed E-state index contributed by atoms with van der Waals surface area (Å²) in [6.07, 6.45) is 0.947. The second-order valence-corrected chi connectivity index (χ2v) is 6.85. The Morgan fingerprint density at radius 2 is 1.90 bits per heavy atom. The van der Waals surface area contributed by atoms with Crippen LogP contribution in [0.3, 0.4) is 0 Å². The van der Waals surface area contributed by atoms with E-state index in [2.05, 4.69) is 19.2 Å². The molecule has 0 bridgehead atoms. The van der Waals surface area contributed by atoms with Crippen LogP contribution < -0.4 is 14.8 Å². The minimum Gasteiger partial charge on any atom is -0.493 e. The van der Waals surface area contributed by atoms with Crippen LogP contribution in [-0.4, -0.2) is 32.2 Å². The van der Waals surface area contributed by atoms with Gasteiger partial charge in [-0.3, -0.25) is 4.79 Å². The quantitative estimate of drug-likeness (QED) is 0.575. The standard InChI is InChI=1S/C22H26ClNO5/c1-5-14(3)16-9-7-8-10-18(16)24-20(25)13-29-22(26)15-11-17(23)21(28-6-2)19(12-15)27-4/h7-12,14H,5-6,13H2,1-4H3,(H,24,25)/t14-/m1/s1. The Morgan fingerprint density at radius 1 is 1.17 bits per heavy atom. The number of halogens is 1. The van der Waals surface area contributed by atoms with Crippen LogP contribution in [0, 0.1) is 0 Å². The van der Waals surface area contributed by atoms with Crippen LogP contribution in [0.25, 0.3) is 0 Å². The van der Waals surface area contributed by atoms with Crippen molar-refractivity contribution in [2.75, 3.05) is 25.6 Å². The highest BCUT2D eigenvalue weighted by Gasteiger charge is 2.18. The Morgan fingerprint density at radius 3 is 2.55 bits per heavy atom. The van der Waals surface area contributed by atoms with E-state index >= 15 is 0 Å². The Balaban J connectivity index is 2.04. The van der Waals surface area contributed by atoms with Crippen LogP contribution in [0.1, 0.15) is 49.0 Å². The fourth-order valence-electron chi connectivity index (χ4n) is 2.78. The molecule has 0 unspecified atom stereocenters. The van der Waals surface area contributed by atoms with Crippen molar-refractivity contribution >= 4 is 29.2 Å². The van der Waals surface area contributed by atoms with Crippen molar-refractivity contribution in [3.05, 3.63) is 52.5 Å². The van der Waals surface area contributed by atoms with Gasteiger partial charge in [-0.2, -0.15) is 0 Å². The number of nitrogens with one attached hydrogen (secondary N) is 1. The first kappa shape index (κ1) is 22.6. The molecule has 29 heavy (non-hydrogen) atoms. The number of carbonyl (C=O) groups excluding carboxylic acids is 2. The summed E-state index contributed by atoms with van der Waals surface area (Å²) in [5, 5.41) is 3.03. The van der Waals surface area contributed by atoms with E-state index < -0.39 is 18.5 Å². The van der Waals surface area contributed by atoms with Crippen molar-refractivity contribution in [1.82, 2.24) is 0 Å². The van der Waals surface area contributed by atoms with Crippen molar-refractivity contribution in [3.63, 3.8) is 0 Å². The second kappa shape index (κ2) is 10.7. The van der Waals surface area contributed by atoms with Gasteiger partial charge in [0.1, 0.15) is 0 Å². The minimum absolute atomic E-state index is 0.170. The van der Waals surface area contributed by atoms with E-state index in [0.29, 0.717) is 29.7 Å². The third-order valence-electron chi connectivity index (χ3n) is 4.47. The Bertz CT molecular complexity index is 868. The van der Waals surface area contributed by atoms with E-state index in [-0.39, 0.29) is 10.6 Å². The van der Waals surface area contributed by atoms with Gasteiger partial charge in [-0.15, -0.1) is 0 Å². The lowest BCUT2D eigenvalue weighted by Gasteiger charge is -2.16. The number of hydrogen-bond acceptors (Lipinski definition) is 5.